The maximum atomic E-state index is 10.4. The maximum Gasteiger partial charge on any atom is 0.313 e. The molecule has 0 aromatic heterocycles. The minimum Gasteiger partial charge on any atom is -0.496 e. The number of ether oxygens (including phenoxy) is 1. The SMILES string of the molecule is COc1cc(C)c(Cl)cc1SCC(=O)O. The largest absolute Gasteiger partial charge is 0.496 e. The molecular formula is C10H11ClO3S. The second kappa shape index (κ2) is 5.28. The van der Waals surface area contributed by atoms with Gasteiger partial charge in [0, 0.05) is 5.02 Å². The third-order valence-electron chi connectivity index (χ3n) is 1.80. The Morgan fingerprint density at radius 2 is 2.27 bits per heavy atom. The summed E-state index contributed by atoms with van der Waals surface area (Å²) in [4.78, 5) is 11.2. The second-order valence-electron chi connectivity index (χ2n) is 2.93. The Bertz CT molecular complexity index is 379. The molecule has 0 radical (unpaired) electrons. The standard InChI is InChI=1S/C10H11ClO3S/c1-6-3-8(14-2)9(4-7(6)11)15-5-10(12)13/h3-4H,5H2,1-2H3,(H,12,13). The fourth-order valence-electron chi connectivity index (χ4n) is 1.05. The van der Waals surface area contributed by atoms with E-state index >= 15 is 0 Å². The summed E-state index contributed by atoms with van der Waals surface area (Å²) in [7, 11) is 1.55. The number of carboxylic acids is 1. The molecule has 82 valence electrons. The summed E-state index contributed by atoms with van der Waals surface area (Å²) in [5, 5.41) is 9.18. The number of thioether (sulfide) groups is 1. The van der Waals surface area contributed by atoms with Gasteiger partial charge in [0.15, 0.2) is 0 Å². The maximum absolute atomic E-state index is 10.4. The van der Waals surface area contributed by atoms with Crippen molar-refractivity contribution in [2.45, 2.75) is 11.8 Å². The number of benzene rings is 1. The number of aryl methyl sites for hydroxylation is 1. The number of aliphatic carboxylic acids is 1. The Morgan fingerprint density at radius 3 is 2.80 bits per heavy atom. The van der Waals surface area contributed by atoms with Crippen LogP contribution in [0.5, 0.6) is 5.75 Å². The van der Waals surface area contributed by atoms with Crippen LogP contribution in [0.25, 0.3) is 0 Å². The molecule has 0 fully saturated rings. The summed E-state index contributed by atoms with van der Waals surface area (Å²) in [6.07, 6.45) is 0. The number of halogens is 1. The molecular weight excluding hydrogens is 236 g/mol. The minimum absolute atomic E-state index is 0.00422. The summed E-state index contributed by atoms with van der Waals surface area (Å²) in [6.45, 7) is 1.87. The van der Waals surface area contributed by atoms with Gasteiger partial charge in [-0.15, -0.1) is 11.8 Å². The number of methoxy groups -OCH3 is 1. The third-order valence-corrected chi connectivity index (χ3v) is 3.22. The number of carboxylic acid groups (broad SMARTS) is 1. The summed E-state index contributed by atoms with van der Waals surface area (Å²) in [5.41, 5.74) is 0.910. The molecule has 0 amide bonds. The zero-order valence-electron chi connectivity index (χ0n) is 8.41. The molecule has 0 spiro atoms. The Hall–Kier alpha value is -0.870. The molecule has 1 rings (SSSR count). The molecule has 5 heteroatoms. The molecule has 1 aromatic carbocycles. The van der Waals surface area contributed by atoms with Gasteiger partial charge < -0.3 is 9.84 Å². The van der Waals surface area contributed by atoms with Crippen molar-refractivity contribution in [2.24, 2.45) is 0 Å². The van der Waals surface area contributed by atoms with E-state index in [1.54, 1.807) is 19.2 Å². The van der Waals surface area contributed by atoms with E-state index in [1.807, 2.05) is 6.92 Å². The van der Waals surface area contributed by atoms with Crippen LogP contribution in [0.15, 0.2) is 17.0 Å². The van der Waals surface area contributed by atoms with Gasteiger partial charge in [-0.1, -0.05) is 11.6 Å². The first-order valence-corrected chi connectivity index (χ1v) is 5.59. The van der Waals surface area contributed by atoms with Gasteiger partial charge in [-0.25, -0.2) is 0 Å². The van der Waals surface area contributed by atoms with Crippen LogP contribution in [-0.2, 0) is 4.79 Å². The first-order chi connectivity index (χ1) is 7.04. The highest BCUT2D eigenvalue weighted by Gasteiger charge is 2.09. The zero-order chi connectivity index (χ0) is 11.4. The topological polar surface area (TPSA) is 46.5 Å². The van der Waals surface area contributed by atoms with Crippen LogP contribution in [0.1, 0.15) is 5.56 Å². The Morgan fingerprint density at radius 1 is 1.60 bits per heavy atom. The molecule has 0 unspecified atom stereocenters. The Balaban J connectivity index is 2.94. The van der Waals surface area contributed by atoms with Crippen LogP contribution in [0, 0.1) is 6.92 Å². The van der Waals surface area contributed by atoms with Gasteiger partial charge in [0.05, 0.1) is 17.8 Å². The van der Waals surface area contributed by atoms with Gasteiger partial charge in [0.25, 0.3) is 0 Å². The van der Waals surface area contributed by atoms with Crippen LogP contribution in [0.3, 0.4) is 0 Å². The molecule has 1 aromatic rings. The molecule has 0 saturated heterocycles. The molecule has 1 N–H and O–H groups in total. The highest BCUT2D eigenvalue weighted by atomic mass is 35.5. The van der Waals surface area contributed by atoms with E-state index in [0.717, 1.165) is 10.5 Å². The lowest BCUT2D eigenvalue weighted by atomic mass is 10.2. The van der Waals surface area contributed by atoms with Crippen molar-refractivity contribution in [1.82, 2.24) is 0 Å². The lowest BCUT2D eigenvalue weighted by Gasteiger charge is -2.09. The van der Waals surface area contributed by atoms with Crippen LogP contribution in [-0.4, -0.2) is 23.9 Å². The van der Waals surface area contributed by atoms with Crippen molar-refractivity contribution >= 4 is 29.3 Å². The van der Waals surface area contributed by atoms with E-state index in [-0.39, 0.29) is 5.75 Å². The number of hydrogen-bond acceptors (Lipinski definition) is 3. The minimum atomic E-state index is -0.862. The molecule has 0 aliphatic heterocycles. The van der Waals surface area contributed by atoms with Crippen molar-refractivity contribution < 1.29 is 14.6 Å². The van der Waals surface area contributed by atoms with Gasteiger partial charge >= 0.3 is 5.97 Å². The van der Waals surface area contributed by atoms with E-state index in [0.29, 0.717) is 10.8 Å². The number of hydrogen-bond donors (Lipinski definition) is 1. The fraction of sp³-hybridized carbons (Fsp3) is 0.300. The average Bonchev–Trinajstić information content (AvgIpc) is 2.19. The van der Waals surface area contributed by atoms with Gasteiger partial charge in [0.2, 0.25) is 0 Å². The van der Waals surface area contributed by atoms with Gasteiger partial charge in [-0.2, -0.15) is 0 Å². The monoisotopic (exact) mass is 246 g/mol. The lowest BCUT2D eigenvalue weighted by molar-refractivity contribution is -0.133. The second-order valence-corrected chi connectivity index (χ2v) is 4.36. The van der Waals surface area contributed by atoms with Crippen molar-refractivity contribution in [2.75, 3.05) is 12.9 Å². The molecule has 15 heavy (non-hydrogen) atoms. The van der Waals surface area contributed by atoms with E-state index in [2.05, 4.69) is 0 Å². The number of rotatable bonds is 4. The molecule has 0 saturated carbocycles. The molecule has 0 aliphatic carbocycles. The third kappa shape index (κ3) is 3.32. The van der Waals surface area contributed by atoms with Crippen molar-refractivity contribution in [1.29, 1.82) is 0 Å². The first kappa shape index (κ1) is 12.2. The van der Waals surface area contributed by atoms with Gasteiger partial charge in [-0.05, 0) is 24.6 Å². The Labute approximate surface area is 97.4 Å². The van der Waals surface area contributed by atoms with Gasteiger partial charge in [0.1, 0.15) is 5.75 Å². The number of carbonyl (C=O) groups is 1. The summed E-state index contributed by atoms with van der Waals surface area (Å²) in [5.74, 6) is -0.211. The van der Waals surface area contributed by atoms with E-state index in [4.69, 9.17) is 21.4 Å². The highest BCUT2D eigenvalue weighted by Crippen LogP contribution is 2.33. The predicted octanol–water partition coefficient (Wildman–Crippen LogP) is 2.83. The van der Waals surface area contributed by atoms with E-state index < -0.39 is 5.97 Å². The summed E-state index contributed by atoms with van der Waals surface area (Å²) >= 11 is 7.14. The highest BCUT2D eigenvalue weighted by molar-refractivity contribution is 8.00. The normalized spacial score (nSPS) is 10.1. The van der Waals surface area contributed by atoms with Crippen LogP contribution >= 0.6 is 23.4 Å². The fourth-order valence-corrected chi connectivity index (χ4v) is 2.04. The first-order valence-electron chi connectivity index (χ1n) is 4.23. The van der Waals surface area contributed by atoms with Crippen molar-refractivity contribution in [3.05, 3.63) is 22.7 Å². The molecule has 0 heterocycles. The lowest BCUT2D eigenvalue weighted by Crippen LogP contribution is -1.98. The molecule has 0 atom stereocenters. The van der Waals surface area contributed by atoms with Crippen molar-refractivity contribution in [3.63, 3.8) is 0 Å². The average molecular weight is 247 g/mol. The van der Waals surface area contributed by atoms with Gasteiger partial charge in [-0.3, -0.25) is 4.79 Å². The Kier molecular flexibility index (Phi) is 4.29. The van der Waals surface area contributed by atoms with Crippen LogP contribution < -0.4 is 4.74 Å². The van der Waals surface area contributed by atoms with E-state index in [1.165, 1.54) is 11.8 Å². The molecule has 0 aliphatic rings. The summed E-state index contributed by atoms with van der Waals surface area (Å²) in [6, 6.07) is 3.52. The quantitative estimate of drug-likeness (QED) is 0.830. The van der Waals surface area contributed by atoms with E-state index in [9.17, 15) is 4.79 Å². The zero-order valence-corrected chi connectivity index (χ0v) is 9.98. The predicted molar refractivity (Wildman–Crippen MR) is 61.1 cm³/mol. The van der Waals surface area contributed by atoms with Crippen molar-refractivity contribution in [3.8, 4) is 5.75 Å². The molecule has 0 bridgehead atoms. The molecule has 3 nitrogen and oxygen atoms in total. The smallest absolute Gasteiger partial charge is 0.313 e. The van der Waals surface area contributed by atoms with Crippen LogP contribution in [0.4, 0.5) is 0 Å². The van der Waals surface area contributed by atoms with Crippen LogP contribution in [0.2, 0.25) is 5.02 Å². The summed E-state index contributed by atoms with van der Waals surface area (Å²) < 4.78 is 5.14.